The molecule has 2 bridgehead atoms. The van der Waals surface area contributed by atoms with Gasteiger partial charge in [-0.2, -0.15) is 26.3 Å². The fourth-order valence-corrected chi connectivity index (χ4v) is 7.04. The molecule has 18 heteroatoms. The molecule has 0 amide bonds. The number of guanidine groups is 1. The maximum Gasteiger partial charge on any atom is 0.490 e. The number of aliphatic hydroxyl groups is 1. The number of alkyl halides is 6. The van der Waals surface area contributed by atoms with E-state index < -0.39 is 41.4 Å². The maximum atomic E-state index is 12.6. The summed E-state index contributed by atoms with van der Waals surface area (Å²) in [5.74, 6) is -4.15. The third-order valence-corrected chi connectivity index (χ3v) is 8.95. The maximum absolute atomic E-state index is 12.6. The molecular weight excluding hydrogens is 632 g/mol. The second-order valence-electron chi connectivity index (χ2n) is 11.8. The summed E-state index contributed by atoms with van der Waals surface area (Å²) in [7, 11) is 0. The molecule has 7 rings (SSSR count). The van der Waals surface area contributed by atoms with Crippen molar-refractivity contribution in [2.75, 3.05) is 13.1 Å². The number of phenols is 1. The molecule has 0 unspecified atom stereocenters. The molecule has 3 heterocycles. The van der Waals surface area contributed by atoms with E-state index >= 15 is 0 Å². The number of piperidine rings is 1. The second-order valence-corrected chi connectivity index (χ2v) is 11.8. The molecule has 12 nitrogen and oxygen atoms in total. The summed E-state index contributed by atoms with van der Waals surface area (Å²) >= 11 is 0. The number of phenolic OH excluding ortho intramolecular Hbond substituents is 1. The highest BCUT2D eigenvalue weighted by molar-refractivity contribution is 5.79. The van der Waals surface area contributed by atoms with E-state index in [-0.39, 0.29) is 17.8 Å². The van der Waals surface area contributed by atoms with Crippen LogP contribution in [0.2, 0.25) is 0 Å². The van der Waals surface area contributed by atoms with E-state index in [2.05, 4.69) is 9.89 Å². The number of fused-ring (bicyclic) bond motifs is 2. The molecule has 250 valence electrons. The predicted octanol–water partition coefficient (Wildman–Crippen LogP) is 2.66. The Morgan fingerprint density at radius 1 is 1.07 bits per heavy atom. The van der Waals surface area contributed by atoms with Crippen molar-refractivity contribution in [1.82, 2.24) is 9.88 Å². The first-order chi connectivity index (χ1) is 21.3. The summed E-state index contributed by atoms with van der Waals surface area (Å²) in [6, 6.07) is 5.64. The molecule has 1 saturated carbocycles. The number of ether oxygens (including phenoxy) is 1. The van der Waals surface area contributed by atoms with Gasteiger partial charge in [0.25, 0.3) is 0 Å². The number of pyridine rings is 1. The number of aliphatic imine (C=N–C) groups is 1. The summed E-state index contributed by atoms with van der Waals surface area (Å²) in [6.45, 7) is 1.95. The Morgan fingerprint density at radius 2 is 1.67 bits per heavy atom. The van der Waals surface area contributed by atoms with Gasteiger partial charge in [0.15, 0.2) is 23.6 Å². The molecule has 1 aromatic carbocycles. The highest BCUT2D eigenvalue weighted by atomic mass is 19.4. The molecule has 5 aliphatic rings. The smallest absolute Gasteiger partial charge is 0.490 e. The molecule has 2 aromatic rings. The van der Waals surface area contributed by atoms with Crippen LogP contribution < -0.4 is 16.2 Å². The van der Waals surface area contributed by atoms with Crippen molar-refractivity contribution in [2.45, 2.75) is 67.6 Å². The largest absolute Gasteiger partial charge is 0.504 e. The quantitative estimate of drug-likeness (QED) is 0.160. The molecule has 46 heavy (non-hydrogen) atoms. The Morgan fingerprint density at radius 3 is 2.22 bits per heavy atom. The van der Waals surface area contributed by atoms with Crippen molar-refractivity contribution >= 4 is 23.6 Å². The number of hydrogen-bond acceptors (Lipinski definition) is 8. The SMILES string of the molecule is NC(N)=Nc1cnc2c(c1)C[C@@]1(O)[C@H]3Cc4ccc(O)c5c4[C@@]1(CCN3CC1CC1)[C@H]2O5.O=C(O)C(F)(F)F.O=C(O)C(F)(F)F. The van der Waals surface area contributed by atoms with Gasteiger partial charge in [-0.25, -0.2) is 14.6 Å². The van der Waals surface area contributed by atoms with Crippen molar-refractivity contribution in [3.63, 3.8) is 0 Å². The molecule has 3 aliphatic carbocycles. The topological polar surface area (TPSA) is 205 Å². The fourth-order valence-electron chi connectivity index (χ4n) is 7.04. The van der Waals surface area contributed by atoms with Crippen molar-refractivity contribution in [3.8, 4) is 11.5 Å². The third kappa shape index (κ3) is 5.63. The average molecular weight is 662 g/mol. The lowest BCUT2D eigenvalue weighted by Gasteiger charge is -2.62. The summed E-state index contributed by atoms with van der Waals surface area (Å²) in [5, 5.41) is 37.5. The van der Waals surface area contributed by atoms with Gasteiger partial charge >= 0.3 is 24.3 Å². The Bertz CT molecular complexity index is 1570. The lowest BCUT2D eigenvalue weighted by molar-refractivity contribution is -0.193. The Kier molecular flexibility index (Phi) is 8.04. The number of benzene rings is 1. The van der Waals surface area contributed by atoms with E-state index in [1.807, 2.05) is 12.1 Å². The number of aliphatic carboxylic acids is 2. The van der Waals surface area contributed by atoms with Gasteiger partial charge in [0.2, 0.25) is 0 Å². The first kappa shape index (κ1) is 33.1. The van der Waals surface area contributed by atoms with Gasteiger partial charge in [0, 0.05) is 24.6 Å². The minimum atomic E-state index is -5.08. The first-order valence-electron chi connectivity index (χ1n) is 14.0. The van der Waals surface area contributed by atoms with Crippen molar-refractivity contribution < 1.29 is 61.1 Å². The predicted molar refractivity (Wildman–Crippen MR) is 145 cm³/mol. The number of aromatic hydroxyl groups is 1. The van der Waals surface area contributed by atoms with Crippen LogP contribution in [0.3, 0.4) is 0 Å². The van der Waals surface area contributed by atoms with E-state index in [4.69, 9.17) is 41.0 Å². The third-order valence-electron chi connectivity index (χ3n) is 8.95. The van der Waals surface area contributed by atoms with Gasteiger partial charge in [0.1, 0.15) is 0 Å². The summed E-state index contributed by atoms with van der Waals surface area (Å²) in [6.07, 6.45) is -4.42. The molecular formula is C28H29F6N5O7. The standard InChI is InChI=1S/C24H27N5O3.2C2HF3O2/c25-22(26)28-15-7-14-9-24(31)17-8-13-3-4-16(30)20-18(13)23(24,21(32-20)19(14)27-10-15)5-6-29(17)11-12-1-2-12;2*3-2(4,5)1(6)7/h3-4,7,10,12,17,21,30-31H,1-2,5-6,8-9,11H2,(H4,25,26,28);2*(H,6,7)/t17-,21+,23+,24-;;/m1../s1. The van der Waals surface area contributed by atoms with Crippen LogP contribution in [0.15, 0.2) is 29.4 Å². The molecule has 8 N–H and O–H groups in total. The average Bonchev–Trinajstić information content (AvgIpc) is 3.67. The van der Waals surface area contributed by atoms with Crippen LogP contribution in [-0.2, 0) is 27.8 Å². The van der Waals surface area contributed by atoms with Crippen molar-refractivity contribution in [3.05, 3.63) is 46.8 Å². The van der Waals surface area contributed by atoms with E-state index in [9.17, 15) is 36.6 Å². The number of halogens is 6. The van der Waals surface area contributed by atoms with Gasteiger partial charge < -0.3 is 36.6 Å². The van der Waals surface area contributed by atoms with Gasteiger partial charge in [-0.3, -0.25) is 9.88 Å². The number of likely N-dealkylation sites (tertiary alicyclic amines) is 1. The Hall–Kier alpha value is -4.32. The zero-order chi connectivity index (χ0) is 34.0. The molecule has 2 fully saturated rings. The van der Waals surface area contributed by atoms with E-state index in [1.54, 1.807) is 12.3 Å². The monoisotopic (exact) mass is 661 g/mol. The fraction of sp³-hybridized carbons (Fsp3) is 0.500. The minimum Gasteiger partial charge on any atom is -0.504 e. The van der Waals surface area contributed by atoms with Gasteiger partial charge in [-0.1, -0.05) is 6.07 Å². The number of hydrogen-bond donors (Lipinski definition) is 6. The molecule has 1 aromatic heterocycles. The van der Waals surface area contributed by atoms with E-state index in [0.29, 0.717) is 17.9 Å². The van der Waals surface area contributed by atoms with Gasteiger partial charge in [-0.15, -0.1) is 0 Å². The number of rotatable bonds is 3. The minimum absolute atomic E-state index is 0.00849. The lowest BCUT2D eigenvalue weighted by atomic mass is 9.49. The second kappa shape index (κ2) is 11.2. The van der Waals surface area contributed by atoms with Crippen LogP contribution >= 0.6 is 0 Å². The zero-order valence-electron chi connectivity index (χ0n) is 23.8. The lowest BCUT2D eigenvalue weighted by Crippen LogP contribution is -2.74. The normalized spacial score (nSPS) is 26.9. The van der Waals surface area contributed by atoms with Crippen LogP contribution in [0.4, 0.5) is 32.0 Å². The van der Waals surface area contributed by atoms with Gasteiger partial charge in [-0.05, 0) is 61.4 Å². The number of nitrogens with zero attached hydrogens (tertiary/aromatic N) is 3. The molecule has 4 atom stereocenters. The molecule has 1 saturated heterocycles. The highest BCUT2D eigenvalue weighted by Crippen LogP contribution is 2.68. The van der Waals surface area contributed by atoms with Gasteiger partial charge in [0.05, 0.1) is 28.6 Å². The summed E-state index contributed by atoms with van der Waals surface area (Å²) in [5.41, 5.74) is 14.0. The van der Waals surface area contributed by atoms with Crippen molar-refractivity contribution in [1.29, 1.82) is 0 Å². The van der Waals surface area contributed by atoms with Crippen molar-refractivity contribution in [2.24, 2.45) is 22.4 Å². The number of carboxylic acid groups (broad SMARTS) is 2. The number of nitrogens with two attached hydrogens (primary N) is 2. The molecule has 2 aliphatic heterocycles. The molecule has 0 radical (unpaired) electrons. The Labute approximate surface area is 256 Å². The van der Waals surface area contributed by atoms with Crippen LogP contribution in [0.5, 0.6) is 11.5 Å². The first-order valence-corrected chi connectivity index (χ1v) is 14.0. The number of carbonyl (C=O) groups is 2. The number of carboxylic acids is 2. The van der Waals surface area contributed by atoms with Crippen LogP contribution in [0.1, 0.15) is 47.8 Å². The van der Waals surface area contributed by atoms with E-state index in [1.165, 1.54) is 18.4 Å². The van der Waals surface area contributed by atoms with E-state index in [0.717, 1.165) is 48.7 Å². The zero-order valence-corrected chi connectivity index (χ0v) is 23.8. The summed E-state index contributed by atoms with van der Waals surface area (Å²) in [4.78, 5) is 29.2. The van der Waals surface area contributed by atoms with Crippen LogP contribution in [-0.4, -0.2) is 85.3 Å². The van der Waals surface area contributed by atoms with Crippen LogP contribution in [0.25, 0.3) is 0 Å². The number of aromatic nitrogens is 1. The highest BCUT2D eigenvalue weighted by Gasteiger charge is 2.72. The molecule has 1 spiro atoms. The van der Waals surface area contributed by atoms with Crippen LogP contribution in [0, 0.1) is 5.92 Å². The summed E-state index contributed by atoms with van der Waals surface area (Å²) < 4.78 is 69.9. The Balaban J connectivity index is 0.000000252.